The Morgan fingerprint density at radius 2 is 2.28 bits per heavy atom. The molecule has 1 amide bonds. The number of carbonyl (C=O) groups excluding carboxylic acids is 1. The molecule has 1 saturated carbocycles. The van der Waals surface area contributed by atoms with Crippen LogP contribution in [0.15, 0.2) is 18.2 Å². The van der Waals surface area contributed by atoms with Gasteiger partial charge in [-0.15, -0.1) is 11.6 Å². The van der Waals surface area contributed by atoms with Crippen LogP contribution >= 0.6 is 11.6 Å². The maximum absolute atomic E-state index is 12.1. The Labute approximate surface area is 111 Å². The Bertz CT molecular complexity index is 452. The standard InChI is InChI=1S/C13H16ClNO3/c1-18-9-3-4-11(16)10(7-9)12(17)15-13(8-14)5-2-6-13/h3-4,7,16H,2,5-6,8H2,1H3,(H,15,17). The van der Waals surface area contributed by atoms with Gasteiger partial charge in [-0.05, 0) is 37.5 Å². The van der Waals surface area contributed by atoms with Gasteiger partial charge in [0.25, 0.3) is 5.91 Å². The Balaban J connectivity index is 2.18. The van der Waals surface area contributed by atoms with Gasteiger partial charge in [0.15, 0.2) is 0 Å². The van der Waals surface area contributed by atoms with E-state index >= 15 is 0 Å². The number of nitrogens with one attached hydrogen (secondary N) is 1. The molecule has 5 heteroatoms. The minimum atomic E-state index is -0.313. The van der Waals surface area contributed by atoms with Gasteiger partial charge in [0.2, 0.25) is 0 Å². The molecule has 0 spiro atoms. The van der Waals surface area contributed by atoms with Crippen LogP contribution in [0.1, 0.15) is 29.6 Å². The molecule has 0 aromatic heterocycles. The molecular formula is C13H16ClNO3. The number of phenolic OH excluding ortho intramolecular Hbond substituents is 1. The second-order valence-electron chi connectivity index (χ2n) is 4.60. The quantitative estimate of drug-likeness (QED) is 0.825. The molecule has 0 atom stereocenters. The molecule has 4 nitrogen and oxygen atoms in total. The molecule has 0 radical (unpaired) electrons. The molecule has 0 bridgehead atoms. The summed E-state index contributed by atoms with van der Waals surface area (Å²) >= 11 is 5.89. The third-order valence-electron chi connectivity index (χ3n) is 3.39. The average molecular weight is 270 g/mol. The van der Waals surface area contributed by atoms with Crippen LogP contribution in [-0.2, 0) is 0 Å². The summed E-state index contributed by atoms with van der Waals surface area (Å²) in [5.74, 6) is 0.555. The molecule has 1 aromatic rings. The monoisotopic (exact) mass is 269 g/mol. The highest BCUT2D eigenvalue weighted by Gasteiger charge is 2.38. The maximum Gasteiger partial charge on any atom is 0.255 e. The van der Waals surface area contributed by atoms with Crippen molar-refractivity contribution in [2.45, 2.75) is 24.8 Å². The normalized spacial score (nSPS) is 16.8. The van der Waals surface area contributed by atoms with Crippen LogP contribution in [0.3, 0.4) is 0 Å². The zero-order valence-corrected chi connectivity index (χ0v) is 11.0. The fourth-order valence-corrected chi connectivity index (χ4v) is 2.36. The predicted octanol–water partition coefficient (Wildman–Crippen LogP) is 2.29. The molecule has 2 N–H and O–H groups in total. The number of hydrogen-bond donors (Lipinski definition) is 2. The van der Waals surface area contributed by atoms with Gasteiger partial charge in [0.1, 0.15) is 11.5 Å². The van der Waals surface area contributed by atoms with Crippen molar-refractivity contribution in [2.75, 3.05) is 13.0 Å². The molecule has 1 aliphatic carbocycles. The van der Waals surface area contributed by atoms with Crippen LogP contribution < -0.4 is 10.1 Å². The van der Waals surface area contributed by atoms with Gasteiger partial charge < -0.3 is 15.2 Å². The fraction of sp³-hybridized carbons (Fsp3) is 0.462. The van der Waals surface area contributed by atoms with E-state index in [1.54, 1.807) is 6.07 Å². The average Bonchev–Trinajstić information content (AvgIpc) is 2.34. The molecular weight excluding hydrogens is 254 g/mol. The number of ether oxygens (including phenoxy) is 1. The topological polar surface area (TPSA) is 58.6 Å². The summed E-state index contributed by atoms with van der Waals surface area (Å²) in [6, 6.07) is 4.57. The van der Waals surface area contributed by atoms with Crippen LogP contribution in [0.25, 0.3) is 0 Å². The van der Waals surface area contributed by atoms with Crippen molar-refractivity contribution in [3.63, 3.8) is 0 Å². The highest BCUT2D eigenvalue weighted by atomic mass is 35.5. The van der Waals surface area contributed by atoms with Crippen molar-refractivity contribution < 1.29 is 14.6 Å². The van der Waals surface area contributed by atoms with Crippen LogP contribution in [0.4, 0.5) is 0 Å². The Kier molecular flexibility index (Phi) is 3.66. The lowest BCUT2D eigenvalue weighted by atomic mass is 9.78. The fourth-order valence-electron chi connectivity index (χ4n) is 2.03. The van der Waals surface area contributed by atoms with E-state index in [1.807, 2.05) is 0 Å². The van der Waals surface area contributed by atoms with Crippen LogP contribution in [0, 0.1) is 0 Å². The van der Waals surface area contributed by atoms with Crippen LogP contribution in [0.5, 0.6) is 11.5 Å². The molecule has 0 saturated heterocycles. The minimum Gasteiger partial charge on any atom is -0.507 e. The van der Waals surface area contributed by atoms with E-state index in [1.165, 1.54) is 19.2 Å². The van der Waals surface area contributed by atoms with Crippen molar-refractivity contribution in [1.29, 1.82) is 0 Å². The summed E-state index contributed by atoms with van der Waals surface area (Å²) in [4.78, 5) is 12.1. The van der Waals surface area contributed by atoms with E-state index < -0.39 is 0 Å². The van der Waals surface area contributed by atoms with Gasteiger partial charge in [0.05, 0.1) is 18.2 Å². The first-order chi connectivity index (χ1) is 8.60. The summed E-state index contributed by atoms with van der Waals surface area (Å²) in [5.41, 5.74) is -0.0977. The molecule has 1 aromatic carbocycles. The van der Waals surface area contributed by atoms with Crippen molar-refractivity contribution in [3.8, 4) is 11.5 Å². The molecule has 1 aliphatic rings. The molecule has 98 valence electrons. The van der Waals surface area contributed by atoms with E-state index in [-0.39, 0.29) is 22.8 Å². The molecule has 0 unspecified atom stereocenters. The summed E-state index contributed by atoms with van der Waals surface area (Å²) in [6.07, 6.45) is 2.83. The van der Waals surface area contributed by atoms with Gasteiger partial charge in [-0.1, -0.05) is 0 Å². The number of phenols is 1. The summed E-state index contributed by atoms with van der Waals surface area (Å²) in [6.45, 7) is 0. The van der Waals surface area contributed by atoms with Crippen molar-refractivity contribution in [2.24, 2.45) is 0 Å². The molecule has 18 heavy (non-hydrogen) atoms. The van der Waals surface area contributed by atoms with Crippen LogP contribution in [-0.4, -0.2) is 29.5 Å². The van der Waals surface area contributed by atoms with E-state index in [4.69, 9.17) is 16.3 Å². The number of hydrogen-bond acceptors (Lipinski definition) is 3. The van der Waals surface area contributed by atoms with E-state index in [9.17, 15) is 9.90 Å². The number of alkyl halides is 1. The number of amides is 1. The van der Waals surface area contributed by atoms with Crippen LogP contribution in [0.2, 0.25) is 0 Å². The number of methoxy groups -OCH3 is 1. The van der Waals surface area contributed by atoms with Gasteiger partial charge in [-0.3, -0.25) is 4.79 Å². The lowest BCUT2D eigenvalue weighted by Gasteiger charge is -2.41. The van der Waals surface area contributed by atoms with Crippen molar-refractivity contribution >= 4 is 17.5 Å². The summed E-state index contributed by atoms with van der Waals surface area (Å²) in [7, 11) is 1.51. The van der Waals surface area contributed by atoms with Gasteiger partial charge in [-0.2, -0.15) is 0 Å². The number of rotatable bonds is 4. The van der Waals surface area contributed by atoms with Crippen molar-refractivity contribution in [1.82, 2.24) is 5.32 Å². The zero-order valence-electron chi connectivity index (χ0n) is 10.2. The summed E-state index contributed by atoms with van der Waals surface area (Å²) < 4.78 is 5.04. The molecule has 0 heterocycles. The lowest BCUT2D eigenvalue weighted by Crippen LogP contribution is -2.55. The Morgan fingerprint density at radius 3 is 2.78 bits per heavy atom. The number of carbonyl (C=O) groups is 1. The Hall–Kier alpha value is -1.42. The van der Waals surface area contributed by atoms with Crippen molar-refractivity contribution in [3.05, 3.63) is 23.8 Å². The van der Waals surface area contributed by atoms with E-state index in [2.05, 4.69) is 5.32 Å². The second-order valence-corrected chi connectivity index (χ2v) is 4.87. The lowest BCUT2D eigenvalue weighted by molar-refractivity contribution is 0.0851. The smallest absolute Gasteiger partial charge is 0.255 e. The third-order valence-corrected chi connectivity index (χ3v) is 3.91. The number of halogens is 1. The second kappa shape index (κ2) is 5.06. The highest BCUT2D eigenvalue weighted by Crippen LogP contribution is 2.34. The van der Waals surface area contributed by atoms with E-state index in [0.29, 0.717) is 11.6 Å². The first kappa shape index (κ1) is 13.0. The maximum atomic E-state index is 12.1. The van der Waals surface area contributed by atoms with Gasteiger partial charge >= 0.3 is 0 Å². The molecule has 0 aliphatic heterocycles. The van der Waals surface area contributed by atoms with Gasteiger partial charge in [-0.25, -0.2) is 0 Å². The molecule has 1 fully saturated rings. The zero-order chi connectivity index (χ0) is 13.2. The molecule has 2 rings (SSSR count). The first-order valence-electron chi connectivity index (χ1n) is 5.86. The van der Waals surface area contributed by atoms with E-state index in [0.717, 1.165) is 19.3 Å². The number of benzene rings is 1. The first-order valence-corrected chi connectivity index (χ1v) is 6.39. The SMILES string of the molecule is COc1ccc(O)c(C(=O)NC2(CCl)CCC2)c1. The minimum absolute atomic E-state index is 0.0580. The van der Waals surface area contributed by atoms with Gasteiger partial charge in [0, 0.05) is 5.88 Å². The highest BCUT2D eigenvalue weighted by molar-refractivity contribution is 6.19. The Morgan fingerprint density at radius 1 is 1.56 bits per heavy atom. The largest absolute Gasteiger partial charge is 0.507 e. The number of aromatic hydroxyl groups is 1. The predicted molar refractivity (Wildman–Crippen MR) is 69.4 cm³/mol. The summed E-state index contributed by atoms with van der Waals surface area (Å²) in [5, 5.41) is 12.6. The third kappa shape index (κ3) is 2.38.